The highest BCUT2D eigenvalue weighted by molar-refractivity contribution is 5.79. The van der Waals surface area contributed by atoms with Gasteiger partial charge in [-0.15, -0.1) is 0 Å². The van der Waals surface area contributed by atoms with E-state index in [1.54, 1.807) is 7.11 Å². The summed E-state index contributed by atoms with van der Waals surface area (Å²) in [6.45, 7) is 1.94. The smallest absolute Gasteiger partial charge is 0.121 e. The van der Waals surface area contributed by atoms with Crippen molar-refractivity contribution in [2.24, 2.45) is 5.16 Å². The van der Waals surface area contributed by atoms with Crippen LogP contribution < -0.4 is 4.74 Å². The summed E-state index contributed by atoms with van der Waals surface area (Å²) < 4.78 is 5.07. The first kappa shape index (κ1) is 8.59. The van der Waals surface area contributed by atoms with Crippen LogP contribution in [0, 0.1) is 6.92 Å². The van der Waals surface area contributed by atoms with E-state index in [4.69, 9.17) is 9.94 Å². The van der Waals surface area contributed by atoms with Crippen molar-refractivity contribution in [1.82, 2.24) is 0 Å². The first-order valence-corrected chi connectivity index (χ1v) is 3.60. The Morgan fingerprint density at radius 3 is 2.75 bits per heavy atom. The fourth-order valence-electron chi connectivity index (χ4n) is 1.05. The minimum Gasteiger partial charge on any atom is -0.496 e. The Kier molecular flexibility index (Phi) is 2.69. The molecule has 1 aromatic carbocycles. The van der Waals surface area contributed by atoms with E-state index >= 15 is 0 Å². The summed E-state index contributed by atoms with van der Waals surface area (Å²) in [5.74, 6) is 0.838. The molecule has 0 bridgehead atoms. The van der Waals surface area contributed by atoms with Crippen molar-refractivity contribution in [3.8, 4) is 5.75 Å². The second-order valence-electron chi connectivity index (χ2n) is 2.47. The van der Waals surface area contributed by atoms with E-state index in [1.807, 2.05) is 25.1 Å². The predicted molar refractivity (Wildman–Crippen MR) is 47.1 cm³/mol. The molecule has 12 heavy (non-hydrogen) atoms. The molecule has 0 atom stereocenters. The number of aryl methyl sites for hydroxylation is 1. The van der Waals surface area contributed by atoms with E-state index < -0.39 is 0 Å². The largest absolute Gasteiger partial charge is 0.496 e. The SMILES string of the molecule is COc1ccc(C=NO)cc1C. The fraction of sp³-hybridized carbons (Fsp3) is 0.222. The van der Waals surface area contributed by atoms with Gasteiger partial charge >= 0.3 is 0 Å². The average molecular weight is 165 g/mol. The van der Waals surface area contributed by atoms with Crippen LogP contribution in [0.3, 0.4) is 0 Å². The fourth-order valence-corrected chi connectivity index (χ4v) is 1.05. The van der Waals surface area contributed by atoms with Crippen molar-refractivity contribution in [2.75, 3.05) is 7.11 Å². The van der Waals surface area contributed by atoms with E-state index in [0.717, 1.165) is 16.9 Å². The highest BCUT2D eigenvalue weighted by Gasteiger charge is 1.97. The minimum atomic E-state index is 0.838. The first-order valence-electron chi connectivity index (χ1n) is 3.60. The normalized spacial score (nSPS) is 10.5. The molecular formula is C9H11NO2. The third kappa shape index (κ3) is 1.75. The number of nitrogens with zero attached hydrogens (tertiary/aromatic N) is 1. The van der Waals surface area contributed by atoms with Crippen LogP contribution in [0.4, 0.5) is 0 Å². The zero-order valence-electron chi connectivity index (χ0n) is 7.11. The summed E-state index contributed by atoms with van der Waals surface area (Å²) in [6, 6.07) is 5.55. The van der Waals surface area contributed by atoms with Gasteiger partial charge in [0.2, 0.25) is 0 Å². The molecule has 0 aromatic heterocycles. The van der Waals surface area contributed by atoms with Crippen LogP contribution in [-0.4, -0.2) is 18.5 Å². The number of ether oxygens (including phenoxy) is 1. The Labute approximate surface area is 71.3 Å². The Balaban J connectivity index is 3.01. The predicted octanol–water partition coefficient (Wildman–Crippen LogP) is 1.81. The summed E-state index contributed by atoms with van der Waals surface area (Å²) in [6.07, 6.45) is 1.38. The van der Waals surface area contributed by atoms with Gasteiger partial charge in [0.1, 0.15) is 5.75 Å². The van der Waals surface area contributed by atoms with Crippen molar-refractivity contribution >= 4 is 6.21 Å². The van der Waals surface area contributed by atoms with Crippen molar-refractivity contribution in [1.29, 1.82) is 0 Å². The maximum atomic E-state index is 8.28. The van der Waals surface area contributed by atoms with Gasteiger partial charge in [-0.25, -0.2) is 0 Å². The molecule has 0 aliphatic heterocycles. The lowest BCUT2D eigenvalue weighted by molar-refractivity contribution is 0.322. The van der Waals surface area contributed by atoms with Crippen LogP contribution in [0.15, 0.2) is 23.4 Å². The van der Waals surface area contributed by atoms with Gasteiger partial charge in [-0.3, -0.25) is 0 Å². The Hall–Kier alpha value is -1.51. The molecule has 1 N–H and O–H groups in total. The second-order valence-corrected chi connectivity index (χ2v) is 2.47. The van der Waals surface area contributed by atoms with Crippen LogP contribution in [0.25, 0.3) is 0 Å². The van der Waals surface area contributed by atoms with Gasteiger partial charge in [0.15, 0.2) is 0 Å². The van der Waals surface area contributed by atoms with Gasteiger partial charge < -0.3 is 9.94 Å². The molecule has 0 amide bonds. The van der Waals surface area contributed by atoms with E-state index in [0.29, 0.717) is 0 Å². The van der Waals surface area contributed by atoms with E-state index in [1.165, 1.54) is 6.21 Å². The molecule has 0 fully saturated rings. The topological polar surface area (TPSA) is 41.8 Å². The summed E-state index contributed by atoms with van der Waals surface area (Å²) >= 11 is 0. The molecular weight excluding hydrogens is 154 g/mol. The highest BCUT2D eigenvalue weighted by atomic mass is 16.5. The van der Waals surface area contributed by atoms with Crippen LogP contribution in [0.2, 0.25) is 0 Å². The molecule has 0 spiro atoms. The summed E-state index contributed by atoms with van der Waals surface area (Å²) in [7, 11) is 1.63. The van der Waals surface area contributed by atoms with Crippen LogP contribution in [0.5, 0.6) is 5.75 Å². The Morgan fingerprint density at radius 1 is 1.50 bits per heavy atom. The molecule has 0 heterocycles. The van der Waals surface area contributed by atoms with Crippen LogP contribution >= 0.6 is 0 Å². The van der Waals surface area contributed by atoms with Gasteiger partial charge in [-0.05, 0) is 36.2 Å². The molecule has 0 saturated carbocycles. The highest BCUT2D eigenvalue weighted by Crippen LogP contribution is 2.17. The maximum Gasteiger partial charge on any atom is 0.121 e. The molecule has 0 unspecified atom stereocenters. The number of hydrogen-bond donors (Lipinski definition) is 1. The van der Waals surface area contributed by atoms with Crippen molar-refractivity contribution in [3.63, 3.8) is 0 Å². The minimum absolute atomic E-state index is 0.838. The van der Waals surface area contributed by atoms with Gasteiger partial charge in [-0.1, -0.05) is 5.16 Å². The van der Waals surface area contributed by atoms with Crippen molar-refractivity contribution in [3.05, 3.63) is 29.3 Å². The number of benzene rings is 1. The lowest BCUT2D eigenvalue weighted by Gasteiger charge is -2.03. The Morgan fingerprint density at radius 2 is 2.25 bits per heavy atom. The van der Waals surface area contributed by atoms with E-state index in [2.05, 4.69) is 5.16 Å². The maximum absolute atomic E-state index is 8.28. The van der Waals surface area contributed by atoms with Gasteiger partial charge in [0.05, 0.1) is 13.3 Å². The van der Waals surface area contributed by atoms with Gasteiger partial charge in [0.25, 0.3) is 0 Å². The molecule has 3 heteroatoms. The summed E-state index contributed by atoms with van der Waals surface area (Å²) in [5.41, 5.74) is 1.88. The third-order valence-corrected chi connectivity index (χ3v) is 1.63. The number of hydrogen-bond acceptors (Lipinski definition) is 3. The van der Waals surface area contributed by atoms with E-state index in [-0.39, 0.29) is 0 Å². The monoisotopic (exact) mass is 165 g/mol. The quantitative estimate of drug-likeness (QED) is 0.412. The lowest BCUT2D eigenvalue weighted by Crippen LogP contribution is -1.89. The third-order valence-electron chi connectivity index (χ3n) is 1.63. The summed E-state index contributed by atoms with van der Waals surface area (Å²) in [4.78, 5) is 0. The molecule has 1 aromatic rings. The second kappa shape index (κ2) is 3.76. The van der Waals surface area contributed by atoms with Crippen LogP contribution in [-0.2, 0) is 0 Å². The average Bonchev–Trinajstić information content (AvgIpc) is 2.05. The summed E-state index contributed by atoms with van der Waals surface area (Å²) in [5, 5.41) is 11.2. The van der Waals surface area contributed by atoms with Crippen molar-refractivity contribution in [2.45, 2.75) is 6.92 Å². The molecule has 3 nitrogen and oxygen atoms in total. The molecule has 64 valence electrons. The molecule has 0 radical (unpaired) electrons. The number of rotatable bonds is 2. The van der Waals surface area contributed by atoms with Gasteiger partial charge in [0, 0.05) is 0 Å². The number of oxime groups is 1. The number of methoxy groups -OCH3 is 1. The molecule has 0 aliphatic carbocycles. The molecule has 1 rings (SSSR count). The molecule has 0 saturated heterocycles. The Bertz CT molecular complexity index is 295. The van der Waals surface area contributed by atoms with Crippen molar-refractivity contribution < 1.29 is 9.94 Å². The van der Waals surface area contributed by atoms with Crippen LogP contribution in [0.1, 0.15) is 11.1 Å². The zero-order chi connectivity index (χ0) is 8.97. The first-order chi connectivity index (χ1) is 5.77. The van der Waals surface area contributed by atoms with E-state index in [9.17, 15) is 0 Å². The molecule has 0 aliphatic rings. The van der Waals surface area contributed by atoms with Gasteiger partial charge in [-0.2, -0.15) is 0 Å². The standard InChI is InChI=1S/C9H11NO2/c1-7-5-8(6-10-11)3-4-9(7)12-2/h3-6,11H,1-2H3. The zero-order valence-corrected chi connectivity index (χ0v) is 7.11. The lowest BCUT2D eigenvalue weighted by atomic mass is 10.1.